The first kappa shape index (κ1) is 111. The monoisotopic (exact) mass is 1970 g/mol. The molecule has 0 bridgehead atoms. The summed E-state index contributed by atoms with van der Waals surface area (Å²) < 4.78 is 128. The van der Waals surface area contributed by atoms with E-state index in [1.54, 1.807) is 0 Å². The Morgan fingerprint density at radius 2 is 0.489 bits per heavy atom. The fourth-order valence-electron chi connectivity index (χ4n) is 17.6. The van der Waals surface area contributed by atoms with Crippen LogP contribution in [0.5, 0.6) is 0 Å². The molecule has 11 fully saturated rings. The van der Waals surface area contributed by atoms with Gasteiger partial charge in [-0.05, 0) is 13.8 Å². The zero-order valence-corrected chi connectivity index (χ0v) is 73.3. The van der Waals surface area contributed by atoms with Crippen molar-refractivity contribution in [1.29, 1.82) is 0 Å². The third-order valence-corrected chi connectivity index (χ3v) is 24.9. The van der Waals surface area contributed by atoms with Gasteiger partial charge in [-0.15, -0.1) is 0 Å². The fraction of sp³-hybridized carbons (Fsp3) is 0.934. The smallest absolute Gasteiger partial charge is 0.217 e. The van der Waals surface area contributed by atoms with Gasteiger partial charge in [0.05, 0.1) is 71.7 Å². The van der Waals surface area contributed by atoms with E-state index in [9.17, 15) is 167 Å². The van der Waals surface area contributed by atoms with Crippen LogP contribution in [0.15, 0.2) is 0 Å². The molecule has 5 amide bonds. The van der Waals surface area contributed by atoms with Crippen LogP contribution in [0.2, 0.25) is 0 Å². The SMILES string of the molecule is CC(=O)N[C@@H]1[C@@H](O)[C@H](O[C@@H]2O[C@H](CO)[C@@H](O[C@@H]3O[C@H](CO[C@H]4O[C@H](CO)[C@@H](O)[C@H](O)[C@@H]4O[C@@H]4O[C@H](CO)[C@@H](O)[C@H](O)[C@H]4NC(C)=O)[C@@H](O)[C@H](O[C@H]4O[C@H](CO)[C@@H](O[C@@H]5O[C@H](CO)[C@@H](O[C@@H]6O[C@H](CO)[C@H](O)[C@H](O)[C@H]6O)[C@H](O[C@@H]6O[C@@H](C)[C@@H](O)[C@@H](O)[C@@H]6O)[C@H]5NC(C)=O)[C@H](O)[C@@H]4O[C@@H]4O[C@H](CO)[C@@H](O)[C@H](O)[C@H]4NC(C)=O)[C@@H]3O)[C@H](O)[C@H]2NC(C)=O)[C@@H](CO[C@@H]2O[C@@H](C)[C@@H](O)[C@@H](O)[C@@H]2O)O[C@H]1O. The lowest BCUT2D eigenvalue weighted by Gasteiger charge is -2.52. The van der Waals surface area contributed by atoms with Crippen molar-refractivity contribution in [3.8, 4) is 0 Å². The number of carbonyl (C=O) groups excluding carboxylic acids is 5. The first-order chi connectivity index (χ1) is 63.8. The van der Waals surface area contributed by atoms with Crippen LogP contribution in [0, 0.1) is 0 Å². The summed E-state index contributed by atoms with van der Waals surface area (Å²) >= 11 is 0. The summed E-state index contributed by atoms with van der Waals surface area (Å²) in [4.78, 5) is 65.3. The van der Waals surface area contributed by atoms with Gasteiger partial charge in [0.2, 0.25) is 29.5 Å². The Kier molecular flexibility index (Phi) is 39.5. The summed E-state index contributed by atoms with van der Waals surface area (Å²) in [6.07, 6.45) is -106. The maximum Gasteiger partial charge on any atom is 0.217 e. The van der Waals surface area contributed by atoms with Gasteiger partial charge in [0.25, 0.3) is 0 Å². The van der Waals surface area contributed by atoms with Crippen LogP contribution >= 0.6 is 0 Å². The zero-order valence-electron chi connectivity index (χ0n) is 73.3. The number of ether oxygens (including phenoxy) is 21. The highest BCUT2D eigenvalue weighted by Crippen LogP contribution is 2.42. The van der Waals surface area contributed by atoms with Crippen molar-refractivity contribution in [2.75, 3.05) is 59.5 Å². The molecule has 0 saturated carbocycles. The van der Waals surface area contributed by atoms with Gasteiger partial charge in [-0.1, -0.05) is 0 Å². The zero-order chi connectivity index (χ0) is 99.4. The molecular formula is C76H127N5O54. The number of aliphatic hydroxyl groups excluding tert-OH is 28. The number of carbonyl (C=O) groups is 5. The Morgan fingerprint density at radius 1 is 0.207 bits per heavy atom. The third-order valence-electron chi connectivity index (χ3n) is 24.9. The van der Waals surface area contributed by atoms with Crippen molar-refractivity contribution in [2.24, 2.45) is 0 Å². The molecule has 33 N–H and O–H groups in total. The Bertz CT molecular complexity index is 3750. The Labute approximate surface area is 765 Å². The molecule has 0 aromatic heterocycles. The van der Waals surface area contributed by atoms with Crippen LogP contribution in [-0.4, -0.2) is 569 Å². The van der Waals surface area contributed by atoms with Crippen LogP contribution in [0.4, 0.5) is 0 Å². The summed E-state index contributed by atoms with van der Waals surface area (Å²) in [5.41, 5.74) is 0. The van der Waals surface area contributed by atoms with E-state index in [2.05, 4.69) is 26.6 Å². The molecule has 11 aliphatic heterocycles. The molecule has 780 valence electrons. The van der Waals surface area contributed by atoms with Crippen molar-refractivity contribution < 1.29 is 266 Å². The van der Waals surface area contributed by atoms with Gasteiger partial charge < -0.3 is 269 Å². The minimum absolute atomic E-state index is 0.865. The normalized spacial score (nSPS) is 49.5. The van der Waals surface area contributed by atoms with Gasteiger partial charge in [0.15, 0.2) is 69.2 Å². The first-order valence-corrected chi connectivity index (χ1v) is 43.4. The first-order valence-electron chi connectivity index (χ1n) is 43.4. The molecule has 59 nitrogen and oxygen atoms in total. The van der Waals surface area contributed by atoms with Crippen molar-refractivity contribution in [3.05, 3.63) is 0 Å². The van der Waals surface area contributed by atoms with Crippen LogP contribution in [0.3, 0.4) is 0 Å². The van der Waals surface area contributed by atoms with Gasteiger partial charge in [-0.2, -0.15) is 0 Å². The predicted octanol–water partition coefficient (Wildman–Crippen LogP) is -22.2. The third kappa shape index (κ3) is 24.7. The van der Waals surface area contributed by atoms with Crippen LogP contribution in [0.1, 0.15) is 48.5 Å². The molecule has 0 aromatic rings. The second kappa shape index (κ2) is 48.2. The lowest BCUT2D eigenvalue weighted by Crippen LogP contribution is -2.72. The predicted molar refractivity (Wildman–Crippen MR) is 417 cm³/mol. The Balaban J connectivity index is 0.985. The molecule has 11 aliphatic rings. The topological polar surface area (TPSA) is 906 Å². The van der Waals surface area contributed by atoms with Gasteiger partial charge in [-0.3, -0.25) is 24.0 Å². The average molecular weight is 1970 g/mol. The highest BCUT2D eigenvalue weighted by Gasteiger charge is 2.63. The van der Waals surface area contributed by atoms with E-state index in [1.165, 1.54) is 13.8 Å². The number of aliphatic hydroxyl groups is 28. The van der Waals surface area contributed by atoms with Gasteiger partial charge in [0.1, 0.15) is 256 Å². The largest absolute Gasteiger partial charge is 0.394 e. The molecule has 0 aromatic carbocycles. The van der Waals surface area contributed by atoms with E-state index in [0.717, 1.165) is 34.6 Å². The van der Waals surface area contributed by atoms with Gasteiger partial charge >= 0.3 is 0 Å². The van der Waals surface area contributed by atoms with Crippen molar-refractivity contribution in [2.45, 2.75) is 386 Å². The maximum absolute atomic E-state index is 13.7. The van der Waals surface area contributed by atoms with E-state index >= 15 is 0 Å². The van der Waals surface area contributed by atoms with E-state index in [-0.39, 0.29) is 0 Å². The highest BCUT2D eigenvalue weighted by molar-refractivity contribution is 5.75. The van der Waals surface area contributed by atoms with Crippen LogP contribution < -0.4 is 26.6 Å². The summed E-state index contributed by atoms with van der Waals surface area (Å²) in [6.45, 7) is -3.35. The summed E-state index contributed by atoms with van der Waals surface area (Å²) in [6, 6.07) is -9.77. The minimum Gasteiger partial charge on any atom is -0.394 e. The summed E-state index contributed by atoms with van der Waals surface area (Å²) in [5, 5.41) is 329. The molecule has 0 unspecified atom stereocenters. The number of rotatable bonds is 34. The molecular weight excluding hydrogens is 1850 g/mol. The molecule has 59 heteroatoms. The quantitative estimate of drug-likeness (QED) is 0.0284. The number of hydrogen-bond donors (Lipinski definition) is 33. The Morgan fingerprint density at radius 3 is 0.963 bits per heavy atom. The molecule has 0 spiro atoms. The van der Waals surface area contributed by atoms with Crippen LogP contribution in [-0.2, 0) is 123 Å². The van der Waals surface area contributed by atoms with Crippen molar-refractivity contribution in [1.82, 2.24) is 26.6 Å². The average Bonchev–Trinajstić information content (AvgIpc) is 0.749. The molecule has 11 rings (SSSR count). The van der Waals surface area contributed by atoms with Crippen LogP contribution in [0.25, 0.3) is 0 Å². The Hall–Kier alpha value is -4.61. The summed E-state index contributed by atoms with van der Waals surface area (Å²) in [7, 11) is 0. The second-order valence-corrected chi connectivity index (χ2v) is 34.5. The fourth-order valence-corrected chi connectivity index (χ4v) is 17.6. The van der Waals surface area contributed by atoms with E-state index < -0.39 is 426 Å². The number of hydrogen-bond acceptors (Lipinski definition) is 54. The number of nitrogens with one attached hydrogen (secondary N) is 5. The minimum atomic E-state index is -2.73. The number of amides is 5. The highest BCUT2D eigenvalue weighted by atomic mass is 16.8. The molecule has 0 radical (unpaired) electrons. The molecule has 11 saturated heterocycles. The summed E-state index contributed by atoms with van der Waals surface area (Å²) in [5.74, 6) is -4.81. The van der Waals surface area contributed by atoms with E-state index in [1.807, 2.05) is 0 Å². The maximum atomic E-state index is 13.7. The van der Waals surface area contributed by atoms with Crippen molar-refractivity contribution in [3.63, 3.8) is 0 Å². The van der Waals surface area contributed by atoms with Gasteiger partial charge in [-0.25, -0.2) is 0 Å². The molecule has 0 aliphatic carbocycles. The van der Waals surface area contributed by atoms with Crippen molar-refractivity contribution >= 4 is 29.5 Å². The lowest BCUT2D eigenvalue weighted by molar-refractivity contribution is -0.407. The molecule has 55 atom stereocenters. The second-order valence-electron chi connectivity index (χ2n) is 34.5. The molecule has 135 heavy (non-hydrogen) atoms. The standard InChI is InChI=1S/C76H127N5O54/c1-17-38(94)49(105)53(109)71(117-17)115-16-32-60(47(103)33(66(114)119-32)77-19(3)89)129-69-36(80-22(6)92)48(104)58(28(12-86)124-69)130-74-57(113)63(44(100)31(127-74)15-116-75-64(52(108)43(99)27(11-85)123-75)134-67-34(78-20(4)90)45(101)40(96)24(8-82)120-67)133-76-65(135-68-35(79-21(5)91)46(102)41(97)25(9-83)121-68)56(112)59(29(13-87)126-76)128-70-37(81-23(7)93)62(132-72-54(110)50(106)39(95)18(2)118-72)61(30(14-88)125-70)131-73-55(111)51(107)42(98)26(10-84)122-73/h17-18,24-76,82-88,94-114H,8-16H2,1-7H3,(H,77,89)(H,78,90)(H,79,91)(H,80,92)(H,81,93)/t17-,18-,24+,25+,26+,27+,28+,29+,30+,31+,32+,33+,34+,35+,36+,37+,38+,39+,40+,41+,42-,43+,44+,45+,46+,47+,48+,49+,50+,51-,52-,53-,54-,55+,56-,57-,58+,59+,60+,61+,62+,63-,64-,65-,66+,67-,68-,69-,70-,71+,72-,73-,74-,75-,76+/m0/s1. The van der Waals surface area contributed by atoms with Gasteiger partial charge in [0, 0.05) is 34.6 Å². The lowest BCUT2D eigenvalue weighted by atomic mass is 9.93. The van der Waals surface area contributed by atoms with E-state index in [0.29, 0.717) is 0 Å². The molecule has 11 heterocycles. The van der Waals surface area contributed by atoms with E-state index in [4.69, 9.17) is 99.5 Å².